The number of nitriles is 1. The minimum absolute atomic E-state index is 0.146. The van der Waals surface area contributed by atoms with Gasteiger partial charge in [0.25, 0.3) is 0 Å². The Morgan fingerprint density at radius 2 is 1.81 bits per heavy atom. The SMILES string of the molecule is COC=C(C(=O)OC)c1c(Oc2cccc(-c3cccc(C#N)c3)c2)nc(C)nc1SC. The van der Waals surface area contributed by atoms with Gasteiger partial charge in [0, 0.05) is 0 Å². The highest BCUT2D eigenvalue weighted by molar-refractivity contribution is 7.98. The Hall–Kier alpha value is -3.83. The normalized spacial score (nSPS) is 10.9. The molecule has 1 aromatic heterocycles. The lowest BCUT2D eigenvalue weighted by Gasteiger charge is -2.15. The van der Waals surface area contributed by atoms with Crippen molar-refractivity contribution in [3.05, 3.63) is 71.7 Å². The standard InChI is InChI=1S/C24H21N3O4S/c1-15-26-22(21(23(27-15)32-4)20(14-29-2)24(28)30-3)31-19-10-6-9-18(12-19)17-8-5-7-16(11-17)13-25/h5-12,14H,1-4H3. The zero-order chi connectivity index (χ0) is 23.1. The molecule has 0 atom stereocenters. The van der Waals surface area contributed by atoms with Gasteiger partial charge in [-0.1, -0.05) is 24.3 Å². The molecule has 3 rings (SSSR count). The van der Waals surface area contributed by atoms with E-state index >= 15 is 0 Å². The summed E-state index contributed by atoms with van der Waals surface area (Å²) in [6, 6.07) is 16.9. The molecule has 7 nitrogen and oxygen atoms in total. The van der Waals surface area contributed by atoms with Crippen molar-refractivity contribution in [3.8, 4) is 28.8 Å². The van der Waals surface area contributed by atoms with Crippen molar-refractivity contribution >= 4 is 23.3 Å². The number of aromatic nitrogens is 2. The first kappa shape index (κ1) is 22.8. The number of carbonyl (C=O) groups excluding carboxylic acids is 1. The molecule has 0 spiro atoms. The van der Waals surface area contributed by atoms with Gasteiger partial charge in [0.05, 0.1) is 37.7 Å². The van der Waals surface area contributed by atoms with Crippen molar-refractivity contribution < 1.29 is 19.0 Å². The Kier molecular flexibility index (Phi) is 7.47. The van der Waals surface area contributed by atoms with E-state index in [4.69, 9.17) is 14.2 Å². The van der Waals surface area contributed by atoms with E-state index in [1.54, 1.807) is 19.1 Å². The number of benzene rings is 2. The predicted molar refractivity (Wildman–Crippen MR) is 122 cm³/mol. The second-order valence-electron chi connectivity index (χ2n) is 6.54. The molecule has 32 heavy (non-hydrogen) atoms. The first-order valence-corrected chi connectivity index (χ1v) is 10.8. The third-order valence-electron chi connectivity index (χ3n) is 4.43. The Labute approximate surface area is 190 Å². The van der Waals surface area contributed by atoms with Gasteiger partial charge in [0.15, 0.2) is 0 Å². The van der Waals surface area contributed by atoms with Crippen molar-refractivity contribution in [3.63, 3.8) is 0 Å². The summed E-state index contributed by atoms with van der Waals surface area (Å²) in [5, 5.41) is 9.74. The fourth-order valence-electron chi connectivity index (χ4n) is 3.03. The van der Waals surface area contributed by atoms with Crippen molar-refractivity contribution in [2.75, 3.05) is 20.5 Å². The molecule has 0 fully saturated rings. The third kappa shape index (κ3) is 5.07. The van der Waals surface area contributed by atoms with Crippen LogP contribution in [0.25, 0.3) is 16.7 Å². The number of rotatable bonds is 7. The van der Waals surface area contributed by atoms with Crippen LogP contribution in [0.3, 0.4) is 0 Å². The predicted octanol–water partition coefficient (Wildman–Crippen LogP) is 5.00. The Morgan fingerprint density at radius 1 is 1.09 bits per heavy atom. The van der Waals surface area contributed by atoms with Crippen LogP contribution in [-0.2, 0) is 14.3 Å². The van der Waals surface area contributed by atoms with E-state index in [2.05, 4.69) is 16.0 Å². The van der Waals surface area contributed by atoms with E-state index in [-0.39, 0.29) is 11.5 Å². The van der Waals surface area contributed by atoms with Crippen LogP contribution in [0.15, 0.2) is 59.8 Å². The second kappa shape index (κ2) is 10.5. The maximum absolute atomic E-state index is 12.4. The molecule has 0 amide bonds. The summed E-state index contributed by atoms with van der Waals surface area (Å²) < 4.78 is 16.2. The summed E-state index contributed by atoms with van der Waals surface area (Å²) in [6.45, 7) is 1.75. The van der Waals surface area contributed by atoms with Crippen LogP contribution in [-0.4, -0.2) is 36.4 Å². The molecule has 0 aliphatic heterocycles. The summed E-state index contributed by atoms with van der Waals surface area (Å²) in [4.78, 5) is 21.3. The van der Waals surface area contributed by atoms with E-state index in [9.17, 15) is 10.1 Å². The lowest BCUT2D eigenvalue weighted by molar-refractivity contribution is -0.133. The molecular weight excluding hydrogens is 426 g/mol. The molecule has 0 N–H and O–H groups in total. The van der Waals surface area contributed by atoms with Gasteiger partial charge in [-0.25, -0.2) is 9.78 Å². The number of methoxy groups -OCH3 is 2. The van der Waals surface area contributed by atoms with Crippen LogP contribution in [0.1, 0.15) is 17.0 Å². The highest BCUT2D eigenvalue weighted by Gasteiger charge is 2.25. The van der Waals surface area contributed by atoms with E-state index in [0.717, 1.165) is 11.1 Å². The first-order chi connectivity index (χ1) is 15.5. The van der Waals surface area contributed by atoms with Gasteiger partial charge in [-0.05, 0) is 48.6 Å². The van der Waals surface area contributed by atoms with E-state index in [0.29, 0.717) is 27.7 Å². The highest BCUT2D eigenvalue weighted by Crippen LogP contribution is 2.36. The molecule has 0 aliphatic carbocycles. The second-order valence-corrected chi connectivity index (χ2v) is 7.34. The molecule has 0 saturated heterocycles. The van der Waals surface area contributed by atoms with Crippen molar-refractivity contribution in [1.82, 2.24) is 9.97 Å². The summed E-state index contributed by atoms with van der Waals surface area (Å²) >= 11 is 1.35. The molecule has 1 heterocycles. The Bertz CT molecular complexity index is 1220. The smallest absolute Gasteiger partial charge is 0.341 e. The number of nitrogens with zero attached hydrogens (tertiary/aromatic N) is 3. The van der Waals surface area contributed by atoms with Crippen LogP contribution < -0.4 is 4.74 Å². The minimum atomic E-state index is -0.596. The quantitative estimate of drug-likeness (QED) is 0.164. The molecule has 0 saturated carbocycles. The van der Waals surface area contributed by atoms with Gasteiger partial charge in [-0.15, -0.1) is 11.8 Å². The average Bonchev–Trinajstić information content (AvgIpc) is 2.82. The monoisotopic (exact) mass is 447 g/mol. The average molecular weight is 448 g/mol. The molecule has 8 heteroatoms. The number of carbonyl (C=O) groups is 1. The van der Waals surface area contributed by atoms with Gasteiger partial charge < -0.3 is 14.2 Å². The summed E-state index contributed by atoms with van der Waals surface area (Å²) in [5.74, 6) is 0.616. The van der Waals surface area contributed by atoms with Gasteiger partial charge in [0.1, 0.15) is 22.2 Å². The summed E-state index contributed by atoms with van der Waals surface area (Å²) in [5.41, 5.74) is 2.85. The number of hydrogen-bond donors (Lipinski definition) is 0. The Balaban J connectivity index is 2.09. The molecule has 0 unspecified atom stereocenters. The molecule has 0 radical (unpaired) electrons. The maximum Gasteiger partial charge on any atom is 0.341 e. The fourth-order valence-corrected chi connectivity index (χ4v) is 3.65. The molecule has 2 aromatic carbocycles. The molecule has 162 valence electrons. The number of ether oxygens (including phenoxy) is 3. The van der Waals surface area contributed by atoms with Crippen LogP contribution in [0, 0.1) is 18.3 Å². The van der Waals surface area contributed by atoms with Gasteiger partial charge >= 0.3 is 5.97 Å². The molecule has 0 bridgehead atoms. The Morgan fingerprint density at radius 3 is 2.47 bits per heavy atom. The number of thioether (sulfide) groups is 1. The van der Waals surface area contributed by atoms with Gasteiger partial charge in [-0.3, -0.25) is 0 Å². The van der Waals surface area contributed by atoms with Crippen LogP contribution >= 0.6 is 11.8 Å². The topological polar surface area (TPSA) is 94.3 Å². The van der Waals surface area contributed by atoms with Crippen molar-refractivity contribution in [1.29, 1.82) is 5.26 Å². The number of hydrogen-bond acceptors (Lipinski definition) is 8. The molecule has 3 aromatic rings. The van der Waals surface area contributed by atoms with Crippen LogP contribution in [0.5, 0.6) is 11.6 Å². The van der Waals surface area contributed by atoms with Crippen molar-refractivity contribution in [2.24, 2.45) is 0 Å². The molecule has 0 aliphatic rings. The van der Waals surface area contributed by atoms with E-state index in [1.165, 1.54) is 32.2 Å². The van der Waals surface area contributed by atoms with Crippen LogP contribution in [0.2, 0.25) is 0 Å². The fraction of sp³-hybridized carbons (Fsp3) is 0.167. The zero-order valence-corrected chi connectivity index (χ0v) is 18.9. The third-order valence-corrected chi connectivity index (χ3v) is 5.11. The van der Waals surface area contributed by atoms with Crippen molar-refractivity contribution in [2.45, 2.75) is 11.9 Å². The minimum Gasteiger partial charge on any atom is -0.503 e. The van der Waals surface area contributed by atoms with Gasteiger partial charge in [0.2, 0.25) is 5.88 Å². The highest BCUT2D eigenvalue weighted by atomic mass is 32.2. The molecular formula is C24H21N3O4S. The number of aryl methyl sites for hydroxylation is 1. The lowest BCUT2D eigenvalue weighted by Crippen LogP contribution is -2.10. The largest absolute Gasteiger partial charge is 0.503 e. The van der Waals surface area contributed by atoms with E-state index < -0.39 is 5.97 Å². The maximum atomic E-state index is 12.4. The number of esters is 1. The van der Waals surface area contributed by atoms with Crippen LogP contribution in [0.4, 0.5) is 0 Å². The van der Waals surface area contributed by atoms with Gasteiger partial charge in [-0.2, -0.15) is 10.2 Å². The lowest BCUT2D eigenvalue weighted by atomic mass is 10.0. The summed E-state index contributed by atoms with van der Waals surface area (Å²) in [7, 11) is 2.73. The van der Waals surface area contributed by atoms with E-state index in [1.807, 2.05) is 42.7 Å². The zero-order valence-electron chi connectivity index (χ0n) is 18.1. The summed E-state index contributed by atoms with van der Waals surface area (Å²) in [6.07, 6.45) is 3.13. The first-order valence-electron chi connectivity index (χ1n) is 9.53.